The molecule has 3 heteroatoms. The van der Waals surface area contributed by atoms with Crippen molar-refractivity contribution in [3.8, 4) is 123 Å². The molecule has 0 aliphatic carbocycles. The van der Waals surface area contributed by atoms with Crippen molar-refractivity contribution < 1.29 is 0 Å². The van der Waals surface area contributed by atoms with Crippen molar-refractivity contribution >= 4 is 0 Å². The van der Waals surface area contributed by atoms with Gasteiger partial charge in [-0.25, -0.2) is 0 Å². The van der Waals surface area contributed by atoms with Gasteiger partial charge in [-0.15, -0.1) is 0 Å². The van der Waals surface area contributed by atoms with Gasteiger partial charge in [0, 0.05) is 52.0 Å². The average molecular weight is 946 g/mol. The Hall–Kier alpha value is -9.57. The first-order chi connectivity index (χ1) is 36.5. The molecule has 0 amide bonds. The quantitative estimate of drug-likeness (QED) is 0.130. The van der Waals surface area contributed by atoms with E-state index in [1.165, 1.54) is 27.8 Å². The molecular formula is C71H51N3. The van der Waals surface area contributed by atoms with Crippen LogP contribution in [0.1, 0.15) is 11.1 Å². The second kappa shape index (κ2) is 20.3. The molecule has 12 aromatic rings. The van der Waals surface area contributed by atoms with Crippen molar-refractivity contribution in [2.75, 3.05) is 0 Å². The van der Waals surface area contributed by atoms with E-state index in [0.29, 0.717) is 0 Å². The van der Waals surface area contributed by atoms with Gasteiger partial charge in [-0.2, -0.15) is 0 Å². The van der Waals surface area contributed by atoms with Crippen LogP contribution >= 0.6 is 0 Å². The number of pyridine rings is 3. The summed E-state index contributed by atoms with van der Waals surface area (Å²) >= 11 is 0. The lowest BCUT2D eigenvalue weighted by Crippen LogP contribution is -1.95. The van der Waals surface area contributed by atoms with Crippen LogP contribution in [0.15, 0.2) is 273 Å². The molecule has 0 saturated carbocycles. The molecule has 0 aliphatic heterocycles. The number of aromatic nitrogens is 3. The van der Waals surface area contributed by atoms with Crippen LogP contribution in [-0.2, 0) is 0 Å². The third-order valence-corrected chi connectivity index (χ3v) is 14.1. The van der Waals surface area contributed by atoms with Gasteiger partial charge >= 0.3 is 0 Å². The molecule has 0 saturated heterocycles. The highest BCUT2D eigenvalue weighted by atomic mass is 14.7. The van der Waals surface area contributed by atoms with E-state index in [1.807, 2.05) is 30.7 Å². The molecule has 0 unspecified atom stereocenters. The van der Waals surface area contributed by atoms with E-state index < -0.39 is 0 Å². The SMILES string of the molecule is Cc1cc(-c2ccccc2)ncc1-c1ccccc1-c1cc(-c2ccccc2-c2ccc(-c3cccc(-c4ccc(-c5ccccc5)cc4)c3)nc2)cc(-c2ccccc2-c2cnc(-c3ccccc3)cc2C)c1. The van der Waals surface area contributed by atoms with Crippen LogP contribution in [0, 0.1) is 13.8 Å². The van der Waals surface area contributed by atoms with Gasteiger partial charge in [0.2, 0.25) is 0 Å². The molecule has 3 heterocycles. The van der Waals surface area contributed by atoms with Crippen LogP contribution in [0.3, 0.4) is 0 Å². The van der Waals surface area contributed by atoms with E-state index in [0.717, 1.165) is 106 Å². The summed E-state index contributed by atoms with van der Waals surface area (Å²) in [6.07, 6.45) is 6.10. The molecule has 3 nitrogen and oxygen atoms in total. The normalized spacial score (nSPS) is 11.1. The first-order valence-electron chi connectivity index (χ1n) is 25.2. The van der Waals surface area contributed by atoms with Crippen molar-refractivity contribution in [1.82, 2.24) is 15.0 Å². The van der Waals surface area contributed by atoms with Crippen LogP contribution in [0.25, 0.3) is 123 Å². The van der Waals surface area contributed by atoms with Crippen LogP contribution in [0.4, 0.5) is 0 Å². The number of aryl methyl sites for hydroxylation is 2. The minimum atomic E-state index is 0.926. The molecule has 3 aromatic heterocycles. The fraction of sp³-hybridized carbons (Fsp3) is 0.0282. The van der Waals surface area contributed by atoms with Gasteiger partial charge in [-0.1, -0.05) is 212 Å². The Labute approximate surface area is 433 Å². The lowest BCUT2D eigenvalue weighted by atomic mass is 9.86. The predicted octanol–water partition coefficient (Wildman–Crippen LogP) is 18.8. The van der Waals surface area contributed by atoms with E-state index in [9.17, 15) is 0 Å². The van der Waals surface area contributed by atoms with E-state index in [-0.39, 0.29) is 0 Å². The molecule has 0 radical (unpaired) electrons. The first-order valence-corrected chi connectivity index (χ1v) is 25.2. The molecule has 0 atom stereocenters. The summed E-state index contributed by atoms with van der Waals surface area (Å²) in [5, 5.41) is 0. The number of rotatable bonds is 11. The van der Waals surface area contributed by atoms with Crippen molar-refractivity contribution in [3.05, 3.63) is 285 Å². The van der Waals surface area contributed by atoms with Crippen LogP contribution in [0.5, 0.6) is 0 Å². The predicted molar refractivity (Wildman–Crippen MR) is 309 cm³/mol. The minimum absolute atomic E-state index is 0.926. The van der Waals surface area contributed by atoms with Crippen molar-refractivity contribution in [2.24, 2.45) is 0 Å². The molecule has 74 heavy (non-hydrogen) atoms. The molecule has 12 rings (SSSR count). The third-order valence-electron chi connectivity index (χ3n) is 14.1. The second-order valence-corrected chi connectivity index (χ2v) is 18.9. The second-order valence-electron chi connectivity index (χ2n) is 18.9. The topological polar surface area (TPSA) is 38.7 Å². The summed E-state index contributed by atoms with van der Waals surface area (Å²) in [5.74, 6) is 0. The summed E-state index contributed by atoms with van der Waals surface area (Å²) in [7, 11) is 0. The Morgan fingerprint density at radius 1 is 0.189 bits per heavy atom. The zero-order valence-electron chi connectivity index (χ0n) is 41.3. The summed E-state index contributed by atoms with van der Waals surface area (Å²) < 4.78 is 0. The van der Waals surface area contributed by atoms with Crippen molar-refractivity contribution in [3.63, 3.8) is 0 Å². The highest BCUT2D eigenvalue weighted by Crippen LogP contribution is 2.43. The monoisotopic (exact) mass is 945 g/mol. The highest BCUT2D eigenvalue weighted by Gasteiger charge is 2.19. The summed E-state index contributed by atoms with van der Waals surface area (Å²) in [6.45, 7) is 4.38. The van der Waals surface area contributed by atoms with Gasteiger partial charge in [-0.05, 0) is 140 Å². The van der Waals surface area contributed by atoms with Crippen LogP contribution < -0.4 is 0 Å². The summed E-state index contributed by atoms with van der Waals surface area (Å²) in [4.78, 5) is 15.2. The van der Waals surface area contributed by atoms with Crippen molar-refractivity contribution in [1.29, 1.82) is 0 Å². The first kappa shape index (κ1) is 45.6. The molecule has 0 fully saturated rings. The Bertz CT molecular complexity index is 3790. The molecule has 9 aromatic carbocycles. The molecule has 0 aliphatic rings. The van der Waals surface area contributed by atoms with Gasteiger partial charge in [0.1, 0.15) is 0 Å². The van der Waals surface area contributed by atoms with E-state index >= 15 is 0 Å². The Balaban J connectivity index is 0.951. The van der Waals surface area contributed by atoms with Crippen LogP contribution in [0.2, 0.25) is 0 Å². The zero-order valence-corrected chi connectivity index (χ0v) is 41.3. The van der Waals surface area contributed by atoms with E-state index in [1.54, 1.807) is 0 Å². The fourth-order valence-corrected chi connectivity index (χ4v) is 10.3. The lowest BCUT2D eigenvalue weighted by Gasteiger charge is -2.19. The Kier molecular flexibility index (Phi) is 12.5. The zero-order chi connectivity index (χ0) is 49.8. The number of hydrogen-bond donors (Lipinski definition) is 0. The van der Waals surface area contributed by atoms with Crippen molar-refractivity contribution in [2.45, 2.75) is 13.8 Å². The van der Waals surface area contributed by atoms with E-state index in [4.69, 9.17) is 15.0 Å². The molecule has 0 N–H and O–H groups in total. The smallest absolute Gasteiger partial charge is 0.0705 e. The molecule has 0 bridgehead atoms. The summed E-state index contributed by atoms with van der Waals surface area (Å²) in [5.41, 5.74) is 26.5. The largest absolute Gasteiger partial charge is 0.256 e. The summed E-state index contributed by atoms with van der Waals surface area (Å²) in [6, 6.07) is 90.8. The maximum atomic E-state index is 5.12. The maximum Gasteiger partial charge on any atom is 0.0705 e. The minimum Gasteiger partial charge on any atom is -0.256 e. The third kappa shape index (κ3) is 9.27. The Morgan fingerprint density at radius 3 is 0.959 bits per heavy atom. The lowest BCUT2D eigenvalue weighted by molar-refractivity contribution is 1.29. The number of benzene rings is 9. The number of hydrogen-bond acceptors (Lipinski definition) is 3. The molecule has 0 spiro atoms. The number of nitrogens with zero attached hydrogens (tertiary/aromatic N) is 3. The van der Waals surface area contributed by atoms with E-state index in [2.05, 4.69) is 257 Å². The highest BCUT2D eigenvalue weighted by molar-refractivity contribution is 5.95. The van der Waals surface area contributed by atoms with Gasteiger partial charge in [0.15, 0.2) is 0 Å². The average Bonchev–Trinajstić information content (AvgIpc) is 3.48. The van der Waals surface area contributed by atoms with Gasteiger partial charge in [0.25, 0.3) is 0 Å². The molecular weight excluding hydrogens is 895 g/mol. The Morgan fingerprint density at radius 2 is 0.514 bits per heavy atom. The van der Waals surface area contributed by atoms with Gasteiger partial charge < -0.3 is 0 Å². The maximum absolute atomic E-state index is 5.12. The fourth-order valence-electron chi connectivity index (χ4n) is 10.3. The standard InChI is InChI=1S/C71H51N3/c1-48-39-70(53-21-8-4-9-22-53)73-46-67(48)65-31-16-14-29-63(65)59-42-58(43-60(44-59)64-30-15-17-32-66(64)68-47-74-71(40-49(68)2)54-23-10-5-11-24-54)62-28-13-12-27-61(62)57-37-38-69(72-45-57)56-26-18-25-55(41-56)52-35-33-51(34-36-52)50-19-6-3-7-20-50/h3-47H,1-2H3. The van der Waals surface area contributed by atoms with Crippen LogP contribution in [-0.4, -0.2) is 15.0 Å². The molecule has 350 valence electrons. The van der Waals surface area contributed by atoms with Gasteiger partial charge in [0.05, 0.1) is 17.1 Å². The van der Waals surface area contributed by atoms with Gasteiger partial charge in [-0.3, -0.25) is 15.0 Å².